The number of benzene rings is 2. The summed E-state index contributed by atoms with van der Waals surface area (Å²) in [7, 11) is 0. The molecule has 0 aliphatic heterocycles. The van der Waals surface area contributed by atoms with Crippen LogP contribution < -0.4 is 10.6 Å². The Balaban J connectivity index is 0.000000198. The van der Waals surface area contributed by atoms with Gasteiger partial charge in [-0.25, -0.2) is 9.97 Å². The fourth-order valence-electron chi connectivity index (χ4n) is 7.18. The summed E-state index contributed by atoms with van der Waals surface area (Å²) in [5.41, 5.74) is 9.29. The zero-order chi connectivity index (χ0) is 44.9. The molecule has 63 heavy (non-hydrogen) atoms. The lowest BCUT2D eigenvalue weighted by Gasteiger charge is -2.17. The lowest BCUT2D eigenvalue weighted by molar-refractivity contribution is -0.122. The third-order valence-electron chi connectivity index (χ3n) is 10.7. The molecule has 0 fully saturated rings. The van der Waals surface area contributed by atoms with E-state index in [1.807, 2.05) is 85.5 Å². The van der Waals surface area contributed by atoms with Gasteiger partial charge in [0.15, 0.2) is 9.92 Å². The fraction of sp³-hybridized carbons (Fsp3) is 0.340. The lowest BCUT2D eigenvalue weighted by Crippen LogP contribution is -2.29. The Kier molecular flexibility index (Phi) is 16.5. The SMILES string of the molecule is CCN(CC)CCCNC(=O)c1ccc2c(c1)sc1nc(-c3cc(C)ccn3)cn12.CCN(CC)CCCNC(=O)c1ccc2c(c1)sc1nc(-c3cc(C)ccn3)cn12.O=CO. The Bertz CT molecular complexity index is 2600. The number of pyridine rings is 2. The van der Waals surface area contributed by atoms with Crippen LogP contribution in [0.15, 0.2) is 85.5 Å². The molecule has 0 atom stereocenters. The summed E-state index contributed by atoms with van der Waals surface area (Å²) >= 11 is 3.18. The highest BCUT2D eigenvalue weighted by molar-refractivity contribution is 7.24. The number of carboxylic acid groups (broad SMARTS) is 1. The van der Waals surface area contributed by atoms with Crippen molar-refractivity contribution in [2.75, 3.05) is 52.4 Å². The van der Waals surface area contributed by atoms with Crippen molar-refractivity contribution in [1.29, 1.82) is 0 Å². The molecule has 0 saturated heterocycles. The minimum atomic E-state index is -0.250. The van der Waals surface area contributed by atoms with E-state index >= 15 is 0 Å². The van der Waals surface area contributed by atoms with Crippen LogP contribution in [-0.4, -0.2) is 114 Å². The highest BCUT2D eigenvalue weighted by Gasteiger charge is 2.16. The van der Waals surface area contributed by atoms with E-state index in [1.54, 1.807) is 22.7 Å². The van der Waals surface area contributed by atoms with Gasteiger partial charge in [-0.2, -0.15) is 0 Å². The van der Waals surface area contributed by atoms with E-state index in [0.717, 1.165) is 116 Å². The smallest absolute Gasteiger partial charge is 0.290 e. The molecular weight excluding hydrogens is 833 g/mol. The standard InChI is InChI=1S/2C23H27N5OS.CH2O2/c2*1-4-27(5-2)12-6-10-25-22(29)17-7-8-20-21(14-17)30-23-26-19(15-28(20)23)18-13-16(3)9-11-24-18;2-1-3/h2*7-9,11,13-15H,4-6,10,12H2,1-3H3,(H,25,29);1H,(H,2,3). The lowest BCUT2D eigenvalue weighted by atomic mass is 10.2. The van der Waals surface area contributed by atoms with Crippen LogP contribution in [0, 0.1) is 13.8 Å². The molecule has 0 aliphatic carbocycles. The summed E-state index contributed by atoms with van der Waals surface area (Å²) in [5.74, 6) is -0.0423. The minimum absolute atomic E-state index is 0.0212. The molecule has 0 unspecified atom stereocenters. The number of nitrogens with zero attached hydrogens (tertiary/aromatic N) is 8. The van der Waals surface area contributed by atoms with E-state index in [4.69, 9.17) is 19.9 Å². The molecule has 0 aliphatic rings. The van der Waals surface area contributed by atoms with Gasteiger partial charge in [0, 0.05) is 49.0 Å². The molecule has 14 nitrogen and oxygen atoms in total. The Morgan fingerprint density at radius 1 is 0.635 bits per heavy atom. The number of fused-ring (bicyclic) bond motifs is 6. The number of hydrogen-bond donors (Lipinski definition) is 3. The minimum Gasteiger partial charge on any atom is -0.483 e. The maximum Gasteiger partial charge on any atom is 0.290 e. The van der Waals surface area contributed by atoms with Crippen LogP contribution in [0.3, 0.4) is 0 Å². The Labute approximate surface area is 375 Å². The second-order valence-electron chi connectivity index (χ2n) is 14.9. The van der Waals surface area contributed by atoms with Crippen LogP contribution in [0.25, 0.3) is 53.1 Å². The number of aryl methyl sites for hydroxylation is 2. The third kappa shape index (κ3) is 11.7. The van der Waals surface area contributed by atoms with Gasteiger partial charge in [-0.1, -0.05) is 50.4 Å². The number of amides is 2. The Morgan fingerprint density at radius 2 is 1.03 bits per heavy atom. The average Bonchev–Trinajstić information content (AvgIpc) is 4.06. The predicted molar refractivity (Wildman–Crippen MR) is 255 cm³/mol. The molecule has 0 radical (unpaired) electrons. The first-order valence-corrected chi connectivity index (χ1v) is 23.0. The van der Waals surface area contributed by atoms with E-state index in [-0.39, 0.29) is 18.3 Å². The first-order chi connectivity index (χ1) is 30.6. The van der Waals surface area contributed by atoms with Gasteiger partial charge in [-0.05, 0) is 138 Å². The molecule has 0 spiro atoms. The summed E-state index contributed by atoms with van der Waals surface area (Å²) in [6.07, 6.45) is 9.56. The van der Waals surface area contributed by atoms with Crippen LogP contribution in [0.1, 0.15) is 72.4 Å². The molecule has 2 aromatic carbocycles. The monoisotopic (exact) mass is 888 g/mol. The molecular formula is C47H56N10O4S2. The number of hydrogen-bond acceptors (Lipinski definition) is 11. The molecule has 6 heterocycles. The zero-order valence-electron chi connectivity index (χ0n) is 36.8. The van der Waals surface area contributed by atoms with Crippen LogP contribution >= 0.6 is 22.7 Å². The van der Waals surface area contributed by atoms with Crippen LogP contribution in [0.5, 0.6) is 0 Å². The molecule has 0 saturated carbocycles. The van der Waals surface area contributed by atoms with Crippen molar-refractivity contribution >= 4 is 71.3 Å². The molecule has 8 aromatic rings. The number of rotatable bonds is 16. The van der Waals surface area contributed by atoms with Crippen molar-refractivity contribution in [1.82, 2.24) is 49.2 Å². The van der Waals surface area contributed by atoms with E-state index in [2.05, 4.69) is 80.7 Å². The molecule has 330 valence electrons. The van der Waals surface area contributed by atoms with Crippen molar-refractivity contribution in [2.45, 2.75) is 54.4 Å². The summed E-state index contributed by atoms with van der Waals surface area (Å²) in [6.45, 7) is 20.1. The van der Waals surface area contributed by atoms with Gasteiger partial charge < -0.3 is 25.5 Å². The van der Waals surface area contributed by atoms with Crippen molar-refractivity contribution in [2.24, 2.45) is 0 Å². The first-order valence-electron chi connectivity index (χ1n) is 21.4. The summed E-state index contributed by atoms with van der Waals surface area (Å²) in [4.78, 5) is 58.3. The van der Waals surface area contributed by atoms with Gasteiger partial charge in [0.25, 0.3) is 18.3 Å². The van der Waals surface area contributed by atoms with E-state index in [9.17, 15) is 9.59 Å². The quantitative estimate of drug-likeness (QED) is 0.0634. The van der Waals surface area contributed by atoms with Gasteiger partial charge >= 0.3 is 0 Å². The maximum absolute atomic E-state index is 12.5. The molecule has 6 aromatic heterocycles. The second-order valence-corrected chi connectivity index (χ2v) is 17.0. The van der Waals surface area contributed by atoms with Crippen LogP contribution in [0.2, 0.25) is 0 Å². The summed E-state index contributed by atoms with van der Waals surface area (Å²) < 4.78 is 6.25. The van der Waals surface area contributed by atoms with E-state index in [1.165, 1.54) is 0 Å². The maximum atomic E-state index is 12.5. The number of aromatic nitrogens is 6. The highest BCUT2D eigenvalue weighted by atomic mass is 32.1. The molecule has 3 N–H and O–H groups in total. The second kappa shape index (κ2) is 22.3. The van der Waals surface area contributed by atoms with E-state index in [0.29, 0.717) is 24.2 Å². The molecule has 2 amide bonds. The van der Waals surface area contributed by atoms with Crippen molar-refractivity contribution in [3.8, 4) is 22.8 Å². The van der Waals surface area contributed by atoms with Gasteiger partial charge in [0.1, 0.15) is 11.4 Å². The predicted octanol–water partition coefficient (Wildman–Crippen LogP) is 8.46. The largest absolute Gasteiger partial charge is 0.483 e. The first kappa shape index (κ1) is 46.4. The third-order valence-corrected chi connectivity index (χ3v) is 12.8. The molecule has 16 heteroatoms. The van der Waals surface area contributed by atoms with Crippen LogP contribution in [0.4, 0.5) is 0 Å². The number of thiazole rings is 2. The number of carbonyl (C=O) groups excluding carboxylic acids is 2. The van der Waals surface area contributed by atoms with Crippen molar-refractivity contribution in [3.63, 3.8) is 0 Å². The average molecular weight is 889 g/mol. The normalized spacial score (nSPS) is 11.2. The van der Waals surface area contributed by atoms with Gasteiger partial charge in [-0.3, -0.25) is 33.2 Å². The van der Waals surface area contributed by atoms with Crippen molar-refractivity contribution < 1.29 is 19.5 Å². The molecule has 0 bridgehead atoms. The summed E-state index contributed by atoms with van der Waals surface area (Å²) in [6, 6.07) is 19.7. The summed E-state index contributed by atoms with van der Waals surface area (Å²) in [5, 5.41) is 13.0. The number of imidazole rings is 2. The Hall–Kier alpha value is -6.07. The Morgan fingerprint density at radius 3 is 1.40 bits per heavy atom. The van der Waals surface area contributed by atoms with Gasteiger partial charge in [0.05, 0.1) is 31.8 Å². The topological polar surface area (TPSA) is 162 Å². The highest BCUT2D eigenvalue weighted by Crippen LogP contribution is 2.31. The van der Waals surface area contributed by atoms with Crippen molar-refractivity contribution in [3.05, 3.63) is 108 Å². The molecule has 8 rings (SSSR count). The van der Waals surface area contributed by atoms with Gasteiger partial charge in [0.2, 0.25) is 0 Å². The van der Waals surface area contributed by atoms with Gasteiger partial charge in [-0.15, -0.1) is 0 Å². The van der Waals surface area contributed by atoms with E-state index < -0.39 is 0 Å². The fourth-order valence-corrected chi connectivity index (χ4v) is 9.27. The zero-order valence-corrected chi connectivity index (χ0v) is 38.4. The number of carbonyl (C=O) groups is 3. The number of nitrogens with one attached hydrogen (secondary N) is 2. The van der Waals surface area contributed by atoms with Crippen LogP contribution in [-0.2, 0) is 4.79 Å².